The molecule has 2 rings (SSSR count). The van der Waals surface area contributed by atoms with Crippen LogP contribution in [-0.2, 0) is 9.59 Å². The van der Waals surface area contributed by atoms with Gasteiger partial charge in [-0.3, -0.25) is 9.59 Å². The molecule has 1 saturated heterocycles. The minimum atomic E-state index is -0.783. The predicted molar refractivity (Wildman–Crippen MR) is 80.0 cm³/mol. The van der Waals surface area contributed by atoms with Crippen molar-refractivity contribution in [1.82, 2.24) is 4.90 Å². The number of aliphatic carboxylic acids is 1. The lowest BCUT2D eigenvalue weighted by molar-refractivity contribution is -0.147. The summed E-state index contributed by atoms with van der Waals surface area (Å²) in [6.45, 7) is 2.63. The molecule has 0 spiro atoms. The second kappa shape index (κ2) is 7.15. The molecule has 0 aromatic heterocycles. The van der Waals surface area contributed by atoms with Gasteiger partial charge in [-0.15, -0.1) is 0 Å². The molecule has 1 aromatic carbocycles. The Kier molecular flexibility index (Phi) is 5.25. The van der Waals surface area contributed by atoms with E-state index in [4.69, 9.17) is 14.6 Å². The van der Waals surface area contributed by atoms with Gasteiger partial charge < -0.3 is 19.5 Å². The second-order valence-corrected chi connectivity index (χ2v) is 5.37. The first-order valence-corrected chi connectivity index (χ1v) is 7.33. The third kappa shape index (κ3) is 3.90. The van der Waals surface area contributed by atoms with Gasteiger partial charge in [0.25, 0.3) is 5.91 Å². The summed E-state index contributed by atoms with van der Waals surface area (Å²) in [6.07, 6.45) is 0.391. The Labute approximate surface area is 129 Å². The van der Waals surface area contributed by atoms with E-state index in [2.05, 4.69) is 0 Å². The monoisotopic (exact) mass is 307 g/mol. The van der Waals surface area contributed by atoms with E-state index in [-0.39, 0.29) is 11.8 Å². The smallest absolute Gasteiger partial charge is 0.306 e. The van der Waals surface area contributed by atoms with Gasteiger partial charge in [0.05, 0.1) is 13.0 Å². The number of hydrogen-bond donors (Lipinski definition) is 1. The number of amides is 1. The number of rotatable bonds is 5. The number of ether oxygens (including phenoxy) is 2. The first kappa shape index (κ1) is 16.1. The van der Waals surface area contributed by atoms with Crippen molar-refractivity contribution in [2.45, 2.75) is 25.9 Å². The van der Waals surface area contributed by atoms with Crippen LogP contribution >= 0.6 is 0 Å². The van der Waals surface area contributed by atoms with Crippen molar-refractivity contribution in [2.75, 3.05) is 20.2 Å². The highest BCUT2D eigenvalue weighted by atomic mass is 16.5. The molecule has 22 heavy (non-hydrogen) atoms. The van der Waals surface area contributed by atoms with Crippen molar-refractivity contribution < 1.29 is 24.2 Å². The number of methoxy groups -OCH3 is 1. The quantitative estimate of drug-likeness (QED) is 0.897. The summed E-state index contributed by atoms with van der Waals surface area (Å²) < 4.78 is 10.7. The lowest BCUT2D eigenvalue weighted by Crippen LogP contribution is -2.45. The van der Waals surface area contributed by atoms with Crippen molar-refractivity contribution in [1.29, 1.82) is 0 Å². The normalized spacial score (nSPS) is 16.9. The standard InChI is InChI=1S/C16H21NO5/c1-11(22-14-5-3-13(21-2)4-6-14)15(18)17-9-7-12(8-10-17)16(19)20/h3-6,11-12H,7-10H2,1-2H3,(H,19,20). The summed E-state index contributed by atoms with van der Waals surface area (Å²) in [6, 6.07) is 7.04. The molecule has 1 heterocycles. The molecule has 0 bridgehead atoms. The molecule has 0 radical (unpaired) electrons. The van der Waals surface area contributed by atoms with Crippen molar-refractivity contribution >= 4 is 11.9 Å². The summed E-state index contributed by atoms with van der Waals surface area (Å²) in [4.78, 5) is 24.9. The minimum Gasteiger partial charge on any atom is -0.497 e. The molecule has 1 unspecified atom stereocenters. The first-order chi connectivity index (χ1) is 10.5. The van der Waals surface area contributed by atoms with E-state index in [1.54, 1.807) is 43.2 Å². The number of carboxylic acids is 1. The Morgan fingerprint density at radius 2 is 1.73 bits per heavy atom. The number of carbonyl (C=O) groups excluding carboxylic acids is 1. The van der Waals surface area contributed by atoms with Crippen molar-refractivity contribution in [3.8, 4) is 11.5 Å². The average molecular weight is 307 g/mol. The highest BCUT2D eigenvalue weighted by Gasteiger charge is 2.29. The third-order valence-electron chi connectivity index (χ3n) is 3.88. The second-order valence-electron chi connectivity index (χ2n) is 5.37. The zero-order valence-corrected chi connectivity index (χ0v) is 12.8. The van der Waals surface area contributed by atoms with Crippen LogP contribution in [0.5, 0.6) is 11.5 Å². The number of likely N-dealkylation sites (tertiary alicyclic amines) is 1. The number of piperidine rings is 1. The zero-order valence-electron chi connectivity index (χ0n) is 12.8. The van der Waals surface area contributed by atoms with Crippen LogP contribution in [0, 0.1) is 5.92 Å². The Hall–Kier alpha value is -2.24. The summed E-state index contributed by atoms with van der Waals surface area (Å²) >= 11 is 0. The van der Waals surface area contributed by atoms with Crippen LogP contribution in [0.15, 0.2) is 24.3 Å². The van der Waals surface area contributed by atoms with E-state index in [0.29, 0.717) is 31.7 Å². The molecule has 1 N–H and O–H groups in total. The Morgan fingerprint density at radius 1 is 1.18 bits per heavy atom. The van der Waals surface area contributed by atoms with Gasteiger partial charge in [0.15, 0.2) is 6.10 Å². The van der Waals surface area contributed by atoms with Crippen LogP contribution in [0.25, 0.3) is 0 Å². The molecule has 1 aliphatic rings. The van der Waals surface area contributed by atoms with E-state index in [1.165, 1.54) is 0 Å². The number of carboxylic acid groups (broad SMARTS) is 1. The van der Waals surface area contributed by atoms with Crippen LogP contribution in [-0.4, -0.2) is 48.2 Å². The van der Waals surface area contributed by atoms with Crippen LogP contribution in [0.3, 0.4) is 0 Å². The fourth-order valence-corrected chi connectivity index (χ4v) is 2.51. The van der Waals surface area contributed by atoms with Gasteiger partial charge >= 0.3 is 5.97 Å². The lowest BCUT2D eigenvalue weighted by atomic mass is 9.97. The van der Waals surface area contributed by atoms with Crippen molar-refractivity contribution in [3.05, 3.63) is 24.3 Å². The molecule has 1 aliphatic heterocycles. The van der Waals surface area contributed by atoms with Crippen molar-refractivity contribution in [2.24, 2.45) is 5.92 Å². The highest BCUT2D eigenvalue weighted by Crippen LogP contribution is 2.21. The molecule has 0 saturated carbocycles. The first-order valence-electron chi connectivity index (χ1n) is 7.33. The van der Waals surface area contributed by atoms with Crippen LogP contribution in [0.1, 0.15) is 19.8 Å². The molecule has 1 amide bonds. The summed E-state index contributed by atoms with van der Waals surface area (Å²) in [7, 11) is 1.59. The number of carbonyl (C=O) groups is 2. The van der Waals surface area contributed by atoms with Crippen LogP contribution in [0.4, 0.5) is 0 Å². The maximum absolute atomic E-state index is 12.3. The number of benzene rings is 1. The maximum Gasteiger partial charge on any atom is 0.306 e. The maximum atomic E-state index is 12.3. The largest absolute Gasteiger partial charge is 0.497 e. The third-order valence-corrected chi connectivity index (χ3v) is 3.88. The summed E-state index contributed by atoms with van der Waals surface area (Å²) in [5.74, 6) is 0.0836. The van der Waals surface area contributed by atoms with Gasteiger partial charge in [-0.1, -0.05) is 0 Å². The molecule has 1 aromatic rings. The fourth-order valence-electron chi connectivity index (χ4n) is 2.51. The Balaban J connectivity index is 1.88. The van der Waals surface area contributed by atoms with Gasteiger partial charge in [0, 0.05) is 13.1 Å². The highest BCUT2D eigenvalue weighted by molar-refractivity contribution is 5.81. The SMILES string of the molecule is COc1ccc(OC(C)C(=O)N2CCC(C(=O)O)CC2)cc1. The van der Waals surface area contributed by atoms with Crippen molar-refractivity contribution in [3.63, 3.8) is 0 Å². The molecule has 0 aliphatic carbocycles. The van der Waals surface area contributed by atoms with E-state index < -0.39 is 12.1 Å². The predicted octanol–water partition coefficient (Wildman–Crippen LogP) is 1.79. The number of hydrogen-bond acceptors (Lipinski definition) is 4. The topological polar surface area (TPSA) is 76.1 Å². The molecule has 120 valence electrons. The molecule has 6 nitrogen and oxygen atoms in total. The Morgan fingerprint density at radius 3 is 2.23 bits per heavy atom. The van der Waals surface area contributed by atoms with E-state index in [9.17, 15) is 9.59 Å². The average Bonchev–Trinajstić information content (AvgIpc) is 2.55. The van der Waals surface area contributed by atoms with Crippen LogP contribution in [0.2, 0.25) is 0 Å². The van der Waals surface area contributed by atoms with E-state index in [0.717, 1.165) is 5.75 Å². The van der Waals surface area contributed by atoms with Gasteiger partial charge in [-0.25, -0.2) is 0 Å². The van der Waals surface area contributed by atoms with E-state index >= 15 is 0 Å². The molecule has 1 fully saturated rings. The van der Waals surface area contributed by atoms with Gasteiger partial charge in [-0.2, -0.15) is 0 Å². The molecular formula is C16H21NO5. The molecule has 6 heteroatoms. The van der Waals surface area contributed by atoms with Gasteiger partial charge in [-0.05, 0) is 44.0 Å². The molecule has 1 atom stereocenters. The van der Waals surface area contributed by atoms with Gasteiger partial charge in [0.1, 0.15) is 11.5 Å². The minimum absolute atomic E-state index is 0.111. The number of nitrogens with zero attached hydrogens (tertiary/aromatic N) is 1. The van der Waals surface area contributed by atoms with E-state index in [1.807, 2.05) is 0 Å². The molecular weight excluding hydrogens is 286 g/mol. The zero-order chi connectivity index (χ0) is 16.1. The summed E-state index contributed by atoms with van der Waals surface area (Å²) in [5.41, 5.74) is 0. The van der Waals surface area contributed by atoms with Gasteiger partial charge in [0.2, 0.25) is 0 Å². The fraction of sp³-hybridized carbons (Fsp3) is 0.500. The van der Waals surface area contributed by atoms with Crippen LogP contribution < -0.4 is 9.47 Å². The lowest BCUT2D eigenvalue weighted by Gasteiger charge is -2.32. The Bertz CT molecular complexity index is 520. The summed E-state index contributed by atoms with van der Waals surface area (Å²) in [5, 5.41) is 8.97.